The number of thiazole rings is 2. The van der Waals surface area contributed by atoms with Gasteiger partial charge in [0.05, 0.1) is 30.0 Å². The van der Waals surface area contributed by atoms with Gasteiger partial charge in [-0.3, -0.25) is 4.79 Å². The van der Waals surface area contributed by atoms with E-state index in [4.69, 9.17) is 29.9 Å². The molecule has 1 fully saturated rings. The smallest absolute Gasteiger partial charge is 0.244 e. The summed E-state index contributed by atoms with van der Waals surface area (Å²) in [6.45, 7) is 8.42. The molecule has 1 aliphatic rings. The number of nitrogens with zero attached hydrogens (tertiary/aromatic N) is 2. The molecular formula is C25H33N3O4S2. The molecule has 0 aromatic carbocycles. The first-order valence-corrected chi connectivity index (χ1v) is 13.0. The highest BCUT2D eigenvalue weighted by atomic mass is 32.1. The van der Waals surface area contributed by atoms with E-state index in [-0.39, 0.29) is 24.0 Å². The summed E-state index contributed by atoms with van der Waals surface area (Å²) >= 11 is 3.20. The van der Waals surface area contributed by atoms with Crippen molar-refractivity contribution in [1.29, 1.82) is 0 Å². The second kappa shape index (κ2) is 11.9. The largest absolute Gasteiger partial charge is 0.501 e. The standard InChI is InChI=1S/C25H33N3O4S2/c1-14(2)23-20(32-23)9-7-15(3)24-28-18(13-34-24)25-27-17(12-33-25)8-10-19(30-5)16(4)21(31-6)11-22(26)29/h7-16,19-20,23H,1-6H3,(H2,26,29)/b9-7+,10-8+,21-11+/t15-,16+,19-,20-,23+/m0/s1. The topological polar surface area (TPSA) is 99.9 Å². The molecule has 1 amide bonds. The van der Waals surface area contributed by atoms with E-state index in [0.29, 0.717) is 17.8 Å². The third-order valence-electron chi connectivity index (χ3n) is 5.65. The fraction of sp³-hybridized carbons (Fsp3) is 0.480. The van der Waals surface area contributed by atoms with Crippen molar-refractivity contribution in [2.45, 2.75) is 51.9 Å². The van der Waals surface area contributed by atoms with Crippen molar-refractivity contribution in [3.05, 3.63) is 51.5 Å². The number of amides is 1. The van der Waals surface area contributed by atoms with Gasteiger partial charge in [0.25, 0.3) is 0 Å². The molecule has 2 N–H and O–H groups in total. The lowest BCUT2D eigenvalue weighted by atomic mass is 10.0. The van der Waals surface area contributed by atoms with Gasteiger partial charge in [-0.2, -0.15) is 0 Å². The Bertz CT molecular complexity index is 1060. The predicted octanol–water partition coefficient (Wildman–Crippen LogP) is 5.03. The van der Waals surface area contributed by atoms with Crippen LogP contribution in [0.4, 0.5) is 0 Å². The highest BCUT2D eigenvalue weighted by Gasteiger charge is 2.38. The summed E-state index contributed by atoms with van der Waals surface area (Å²) in [5.41, 5.74) is 6.97. The monoisotopic (exact) mass is 503 g/mol. The van der Waals surface area contributed by atoms with E-state index < -0.39 is 5.91 Å². The molecule has 3 heterocycles. The summed E-state index contributed by atoms with van der Waals surface area (Å²) in [5.74, 6) is 0.487. The molecule has 9 heteroatoms. The maximum Gasteiger partial charge on any atom is 0.244 e. The van der Waals surface area contributed by atoms with Gasteiger partial charge >= 0.3 is 0 Å². The molecule has 184 valence electrons. The molecule has 1 saturated heterocycles. The van der Waals surface area contributed by atoms with E-state index in [1.807, 2.05) is 24.5 Å². The summed E-state index contributed by atoms with van der Waals surface area (Å²) in [6.07, 6.45) is 9.70. The molecular weight excluding hydrogens is 470 g/mol. The van der Waals surface area contributed by atoms with Crippen LogP contribution in [0.2, 0.25) is 0 Å². The van der Waals surface area contributed by atoms with Gasteiger partial charge in [0.15, 0.2) is 0 Å². The van der Waals surface area contributed by atoms with Crippen molar-refractivity contribution in [1.82, 2.24) is 9.97 Å². The molecule has 0 unspecified atom stereocenters. The Hall–Kier alpha value is -2.33. The number of primary amides is 1. The van der Waals surface area contributed by atoms with Crippen molar-refractivity contribution in [3.8, 4) is 10.7 Å². The Morgan fingerprint density at radius 2 is 1.91 bits per heavy atom. The first kappa shape index (κ1) is 26.3. The summed E-state index contributed by atoms with van der Waals surface area (Å²) in [4.78, 5) is 20.7. The van der Waals surface area contributed by atoms with Crippen molar-refractivity contribution in [3.63, 3.8) is 0 Å². The van der Waals surface area contributed by atoms with Crippen LogP contribution in [-0.4, -0.2) is 48.4 Å². The number of carbonyl (C=O) groups excluding carboxylic acids is 1. The highest BCUT2D eigenvalue weighted by molar-refractivity contribution is 7.14. The van der Waals surface area contributed by atoms with E-state index in [1.165, 1.54) is 13.2 Å². The van der Waals surface area contributed by atoms with Gasteiger partial charge in [-0.25, -0.2) is 9.97 Å². The predicted molar refractivity (Wildman–Crippen MR) is 138 cm³/mol. The van der Waals surface area contributed by atoms with Crippen LogP contribution in [0.25, 0.3) is 16.8 Å². The minimum atomic E-state index is -0.556. The molecule has 5 atom stereocenters. The van der Waals surface area contributed by atoms with Crippen molar-refractivity contribution in [2.75, 3.05) is 14.2 Å². The van der Waals surface area contributed by atoms with E-state index in [2.05, 4.69) is 38.3 Å². The molecule has 0 saturated carbocycles. The lowest BCUT2D eigenvalue weighted by Gasteiger charge is -2.21. The zero-order chi connectivity index (χ0) is 24.8. The van der Waals surface area contributed by atoms with Crippen molar-refractivity contribution in [2.24, 2.45) is 17.6 Å². The molecule has 2 aromatic rings. The number of hydrogen-bond acceptors (Lipinski definition) is 8. The van der Waals surface area contributed by atoms with Crippen LogP contribution < -0.4 is 5.73 Å². The van der Waals surface area contributed by atoms with Gasteiger partial charge in [-0.05, 0) is 12.0 Å². The molecule has 0 aliphatic carbocycles. The lowest BCUT2D eigenvalue weighted by Crippen LogP contribution is -2.22. The lowest BCUT2D eigenvalue weighted by molar-refractivity contribution is -0.113. The molecule has 0 bridgehead atoms. The number of aromatic nitrogens is 2. The quantitative estimate of drug-likeness (QED) is 0.189. The number of rotatable bonds is 12. The molecule has 0 spiro atoms. The number of hydrogen-bond donors (Lipinski definition) is 1. The third kappa shape index (κ3) is 6.85. The Labute approximate surface area is 209 Å². The zero-order valence-electron chi connectivity index (χ0n) is 20.4. The van der Waals surface area contributed by atoms with Crippen LogP contribution in [0.3, 0.4) is 0 Å². The molecule has 3 rings (SSSR count). The third-order valence-corrected chi connectivity index (χ3v) is 7.58. The van der Waals surface area contributed by atoms with Gasteiger partial charge in [0.1, 0.15) is 22.6 Å². The maximum absolute atomic E-state index is 11.2. The normalized spacial score (nSPS) is 21.3. The van der Waals surface area contributed by atoms with Gasteiger partial charge < -0.3 is 19.9 Å². The van der Waals surface area contributed by atoms with Crippen LogP contribution in [0.5, 0.6) is 0 Å². The number of methoxy groups -OCH3 is 2. The van der Waals surface area contributed by atoms with Crippen molar-refractivity contribution < 1.29 is 19.0 Å². The SMILES string of the molecule is CO/C(=C/C(N)=O)[C@H](C)[C@H](/C=C/c1csc(-c2csc([C@@H](C)/C=C/[C@@H]3O[C@@H]3C(C)C)n2)n1)OC. The second-order valence-corrected chi connectivity index (χ2v) is 10.4. The Balaban J connectivity index is 1.64. The van der Waals surface area contributed by atoms with Gasteiger partial charge in [0, 0.05) is 35.8 Å². The Morgan fingerprint density at radius 1 is 1.15 bits per heavy atom. The van der Waals surface area contributed by atoms with Gasteiger partial charge in [0.2, 0.25) is 5.91 Å². The van der Waals surface area contributed by atoms with Crippen molar-refractivity contribution >= 4 is 34.7 Å². The maximum atomic E-state index is 11.2. The molecule has 1 aliphatic heterocycles. The van der Waals surface area contributed by atoms with E-state index >= 15 is 0 Å². The molecule has 2 aromatic heterocycles. The minimum Gasteiger partial charge on any atom is -0.501 e. The van der Waals surface area contributed by atoms with E-state index in [9.17, 15) is 4.79 Å². The Morgan fingerprint density at radius 3 is 2.53 bits per heavy atom. The Kier molecular flexibility index (Phi) is 9.18. The number of nitrogens with two attached hydrogens (primary N) is 1. The average Bonchev–Trinajstić information content (AvgIpc) is 3.18. The second-order valence-electron chi connectivity index (χ2n) is 8.63. The average molecular weight is 504 g/mol. The van der Waals surface area contributed by atoms with Crippen LogP contribution in [0.15, 0.2) is 40.8 Å². The summed E-state index contributed by atoms with van der Waals surface area (Å²) < 4.78 is 16.6. The molecule has 34 heavy (non-hydrogen) atoms. The zero-order valence-corrected chi connectivity index (χ0v) is 22.1. The number of epoxide rings is 1. The fourth-order valence-electron chi connectivity index (χ4n) is 3.58. The van der Waals surface area contributed by atoms with E-state index in [0.717, 1.165) is 21.4 Å². The van der Waals surface area contributed by atoms with Gasteiger partial charge in [-0.1, -0.05) is 45.9 Å². The van der Waals surface area contributed by atoms with Crippen LogP contribution in [0, 0.1) is 11.8 Å². The minimum absolute atomic E-state index is 0.190. The first-order chi connectivity index (χ1) is 16.2. The number of ether oxygens (including phenoxy) is 3. The van der Waals surface area contributed by atoms with Crippen LogP contribution >= 0.6 is 22.7 Å². The van der Waals surface area contributed by atoms with Gasteiger partial charge in [-0.15, -0.1) is 22.7 Å². The molecule has 7 nitrogen and oxygen atoms in total. The first-order valence-electron chi connectivity index (χ1n) is 11.2. The fourth-order valence-corrected chi connectivity index (χ4v) is 5.25. The molecule has 0 radical (unpaired) electrons. The summed E-state index contributed by atoms with van der Waals surface area (Å²) in [5, 5.41) is 5.97. The van der Waals surface area contributed by atoms with E-state index in [1.54, 1.807) is 29.8 Å². The summed E-state index contributed by atoms with van der Waals surface area (Å²) in [7, 11) is 3.12. The number of carbonyl (C=O) groups is 1. The highest BCUT2D eigenvalue weighted by Crippen LogP contribution is 2.33. The van der Waals surface area contributed by atoms with Crippen LogP contribution in [-0.2, 0) is 19.0 Å². The van der Waals surface area contributed by atoms with Crippen LogP contribution in [0.1, 0.15) is 44.3 Å². The number of allylic oxidation sites excluding steroid dienone is 1. The summed E-state index contributed by atoms with van der Waals surface area (Å²) in [6, 6.07) is 0.